The monoisotopic (exact) mass is 271 g/mol. The van der Waals surface area contributed by atoms with Crippen molar-refractivity contribution >= 4 is 17.7 Å². The van der Waals surface area contributed by atoms with E-state index in [0.717, 1.165) is 30.9 Å². The molecule has 2 fully saturated rings. The van der Waals surface area contributed by atoms with E-state index in [4.69, 9.17) is 0 Å². The summed E-state index contributed by atoms with van der Waals surface area (Å²) < 4.78 is 0. The Balaban J connectivity index is 1.66. The molecular weight excluding hydrogens is 246 g/mol. The fourth-order valence-corrected chi connectivity index (χ4v) is 4.01. The minimum absolute atomic E-state index is 0.450. The average Bonchev–Trinajstić information content (AvgIpc) is 2.97. The smallest absolute Gasteiger partial charge is 0.323 e. The van der Waals surface area contributed by atoms with E-state index in [1.807, 2.05) is 18.7 Å². The van der Waals surface area contributed by atoms with Crippen LogP contribution in [0.25, 0.3) is 0 Å². The highest BCUT2D eigenvalue weighted by molar-refractivity contribution is 7.99. The highest BCUT2D eigenvalue weighted by Gasteiger charge is 2.37. The maximum atomic E-state index is 11.4. The molecule has 2 N–H and O–H groups in total. The lowest BCUT2D eigenvalue weighted by Gasteiger charge is -2.26. The van der Waals surface area contributed by atoms with Gasteiger partial charge < -0.3 is 5.11 Å². The molecule has 0 radical (unpaired) electrons. The van der Waals surface area contributed by atoms with E-state index in [2.05, 4.69) is 5.32 Å². The van der Waals surface area contributed by atoms with E-state index >= 15 is 0 Å². The van der Waals surface area contributed by atoms with Gasteiger partial charge in [-0.2, -0.15) is 11.8 Å². The number of rotatable bonds is 8. The first-order chi connectivity index (χ1) is 8.60. The molecule has 1 unspecified atom stereocenters. The average molecular weight is 271 g/mol. The molecule has 0 heterocycles. The number of hydrogen-bond acceptors (Lipinski definition) is 3. The molecule has 0 saturated heterocycles. The highest BCUT2D eigenvalue weighted by Crippen LogP contribution is 2.29. The minimum atomic E-state index is -0.718. The van der Waals surface area contributed by atoms with E-state index in [0.29, 0.717) is 6.04 Å². The van der Waals surface area contributed by atoms with Crippen LogP contribution in [-0.2, 0) is 4.79 Å². The highest BCUT2D eigenvalue weighted by atomic mass is 32.2. The molecule has 104 valence electrons. The lowest BCUT2D eigenvalue weighted by atomic mass is 9.99. The standard InChI is InChI=1S/C14H25NO2S/c1-14(13(16)17,15-12-6-7-12)8-9-18-10-11-4-2-3-5-11/h11-12,15H,2-10H2,1H3,(H,16,17). The normalized spacial score (nSPS) is 24.1. The quantitative estimate of drug-likeness (QED) is 0.667. The van der Waals surface area contributed by atoms with Gasteiger partial charge in [-0.25, -0.2) is 0 Å². The summed E-state index contributed by atoms with van der Waals surface area (Å²) in [6, 6.07) is 0.450. The molecule has 0 amide bonds. The molecule has 4 heteroatoms. The van der Waals surface area contributed by atoms with Crippen LogP contribution in [0.4, 0.5) is 0 Å². The lowest BCUT2D eigenvalue weighted by molar-refractivity contribution is -0.144. The topological polar surface area (TPSA) is 49.3 Å². The second kappa shape index (κ2) is 6.29. The largest absolute Gasteiger partial charge is 0.480 e. The molecule has 0 aromatic carbocycles. The summed E-state index contributed by atoms with van der Waals surface area (Å²) in [7, 11) is 0. The van der Waals surface area contributed by atoms with Crippen molar-refractivity contribution in [1.29, 1.82) is 0 Å². The fourth-order valence-electron chi connectivity index (χ4n) is 2.62. The zero-order valence-electron chi connectivity index (χ0n) is 11.3. The Morgan fingerprint density at radius 2 is 2.00 bits per heavy atom. The second-order valence-electron chi connectivity index (χ2n) is 6.03. The van der Waals surface area contributed by atoms with Crippen LogP contribution in [0, 0.1) is 5.92 Å². The summed E-state index contributed by atoms with van der Waals surface area (Å²) in [5, 5.41) is 12.6. The van der Waals surface area contributed by atoms with Crippen LogP contribution >= 0.6 is 11.8 Å². The third-order valence-corrected chi connectivity index (χ3v) is 5.35. The van der Waals surface area contributed by atoms with Crippen molar-refractivity contribution in [1.82, 2.24) is 5.32 Å². The van der Waals surface area contributed by atoms with E-state index in [-0.39, 0.29) is 0 Å². The van der Waals surface area contributed by atoms with Crippen LogP contribution in [0.3, 0.4) is 0 Å². The van der Waals surface area contributed by atoms with Gasteiger partial charge >= 0.3 is 5.97 Å². The number of carboxylic acids is 1. The fraction of sp³-hybridized carbons (Fsp3) is 0.929. The summed E-state index contributed by atoms with van der Waals surface area (Å²) in [6.07, 6.45) is 8.54. The first-order valence-electron chi connectivity index (χ1n) is 7.19. The van der Waals surface area contributed by atoms with Gasteiger partial charge in [0.25, 0.3) is 0 Å². The molecule has 1 atom stereocenters. The van der Waals surface area contributed by atoms with Crippen molar-refractivity contribution < 1.29 is 9.90 Å². The van der Waals surface area contributed by atoms with Crippen LogP contribution in [0.1, 0.15) is 51.9 Å². The Morgan fingerprint density at radius 3 is 2.56 bits per heavy atom. The van der Waals surface area contributed by atoms with Gasteiger partial charge in [0.2, 0.25) is 0 Å². The van der Waals surface area contributed by atoms with Gasteiger partial charge in [0.1, 0.15) is 5.54 Å². The maximum absolute atomic E-state index is 11.4. The molecule has 0 spiro atoms. The predicted molar refractivity (Wildman–Crippen MR) is 76.1 cm³/mol. The Bertz CT molecular complexity index is 288. The molecule has 2 rings (SSSR count). The summed E-state index contributed by atoms with van der Waals surface area (Å²) in [4.78, 5) is 11.4. The van der Waals surface area contributed by atoms with Gasteiger partial charge in [-0.15, -0.1) is 0 Å². The Hall–Kier alpha value is -0.220. The molecule has 2 saturated carbocycles. The number of hydrogen-bond donors (Lipinski definition) is 2. The van der Waals surface area contributed by atoms with E-state index in [9.17, 15) is 9.90 Å². The second-order valence-corrected chi connectivity index (χ2v) is 7.18. The van der Waals surface area contributed by atoms with E-state index in [1.165, 1.54) is 31.4 Å². The van der Waals surface area contributed by atoms with Crippen molar-refractivity contribution in [2.24, 2.45) is 5.92 Å². The Morgan fingerprint density at radius 1 is 1.33 bits per heavy atom. The molecule has 0 aromatic heterocycles. The summed E-state index contributed by atoms with van der Waals surface area (Å²) in [6.45, 7) is 1.84. The van der Waals surface area contributed by atoms with Crippen LogP contribution < -0.4 is 5.32 Å². The molecule has 3 nitrogen and oxygen atoms in total. The van der Waals surface area contributed by atoms with Gasteiger partial charge in [0.15, 0.2) is 0 Å². The lowest BCUT2D eigenvalue weighted by Crippen LogP contribution is -2.51. The van der Waals surface area contributed by atoms with E-state index in [1.54, 1.807) is 0 Å². The van der Waals surface area contributed by atoms with Gasteiger partial charge in [-0.1, -0.05) is 12.8 Å². The van der Waals surface area contributed by atoms with Crippen LogP contribution in [0.15, 0.2) is 0 Å². The molecule has 0 aromatic rings. The zero-order valence-corrected chi connectivity index (χ0v) is 12.1. The number of aliphatic carboxylic acids is 1. The van der Waals surface area contributed by atoms with Gasteiger partial charge in [-0.05, 0) is 56.5 Å². The zero-order chi connectivity index (χ0) is 13.0. The van der Waals surface area contributed by atoms with Crippen molar-refractivity contribution in [3.05, 3.63) is 0 Å². The molecule has 0 aliphatic heterocycles. The van der Waals surface area contributed by atoms with Gasteiger partial charge in [0.05, 0.1) is 0 Å². The summed E-state index contributed by atoms with van der Waals surface area (Å²) >= 11 is 1.94. The number of carboxylic acid groups (broad SMARTS) is 1. The third kappa shape index (κ3) is 4.16. The molecule has 2 aliphatic carbocycles. The number of thioether (sulfide) groups is 1. The number of nitrogens with one attached hydrogen (secondary N) is 1. The molecular formula is C14H25NO2S. The molecule has 18 heavy (non-hydrogen) atoms. The Labute approximate surface area is 114 Å². The summed E-state index contributed by atoms with van der Waals surface area (Å²) in [5.74, 6) is 2.37. The van der Waals surface area contributed by atoms with Crippen molar-refractivity contribution in [2.45, 2.75) is 63.5 Å². The molecule has 0 bridgehead atoms. The van der Waals surface area contributed by atoms with Crippen molar-refractivity contribution in [2.75, 3.05) is 11.5 Å². The van der Waals surface area contributed by atoms with Gasteiger partial charge in [-0.3, -0.25) is 10.1 Å². The van der Waals surface area contributed by atoms with Gasteiger partial charge in [0, 0.05) is 6.04 Å². The maximum Gasteiger partial charge on any atom is 0.323 e. The Kier molecular flexibility index (Phi) is 4.96. The van der Waals surface area contributed by atoms with Crippen LogP contribution in [-0.4, -0.2) is 34.2 Å². The van der Waals surface area contributed by atoms with E-state index < -0.39 is 11.5 Å². The van der Waals surface area contributed by atoms with Crippen LogP contribution in [0.5, 0.6) is 0 Å². The summed E-state index contributed by atoms with van der Waals surface area (Å²) in [5.41, 5.74) is -0.718. The minimum Gasteiger partial charge on any atom is -0.480 e. The first kappa shape index (κ1) is 14.2. The van der Waals surface area contributed by atoms with Crippen LogP contribution in [0.2, 0.25) is 0 Å². The van der Waals surface area contributed by atoms with Crippen molar-refractivity contribution in [3.8, 4) is 0 Å². The third-order valence-electron chi connectivity index (χ3n) is 4.15. The SMILES string of the molecule is CC(CCSCC1CCCC1)(NC1CC1)C(=O)O. The number of carbonyl (C=O) groups is 1. The first-order valence-corrected chi connectivity index (χ1v) is 8.34. The molecule has 2 aliphatic rings. The predicted octanol–water partition coefficient (Wildman–Crippen LogP) is 2.90. The van der Waals surface area contributed by atoms with Crippen molar-refractivity contribution in [3.63, 3.8) is 0 Å².